The topological polar surface area (TPSA) is 49.7 Å². The highest BCUT2D eigenvalue weighted by atomic mass is 16.4. The minimum absolute atomic E-state index is 0.176. The minimum Gasteiger partial charge on any atom is -0.411 e. The van der Waals surface area contributed by atoms with Crippen molar-refractivity contribution in [1.82, 2.24) is 0 Å². The zero-order valence-electron chi connectivity index (χ0n) is 10.2. The van der Waals surface area contributed by atoms with Crippen LogP contribution in [0.2, 0.25) is 0 Å². The quantitative estimate of drug-likeness (QED) is 0.257. The molecule has 0 amide bonds. The summed E-state index contributed by atoms with van der Waals surface area (Å²) in [7, 11) is 0. The van der Waals surface area contributed by atoms with E-state index in [4.69, 9.17) is 5.21 Å². The van der Waals surface area contributed by atoms with E-state index in [0.29, 0.717) is 12.0 Å². The Morgan fingerprint density at radius 2 is 1.88 bits per heavy atom. The zero-order valence-corrected chi connectivity index (χ0v) is 10.2. The summed E-state index contributed by atoms with van der Waals surface area (Å²) < 4.78 is 0. The SMILES string of the molecule is CCCCCC/C(=N\O)C(=O)c1ccccc1. The summed E-state index contributed by atoms with van der Waals surface area (Å²) in [6.07, 6.45) is 4.81. The first-order chi connectivity index (χ1) is 8.29. The van der Waals surface area contributed by atoms with E-state index in [9.17, 15) is 4.79 Å². The first-order valence-corrected chi connectivity index (χ1v) is 6.10. The molecule has 1 aromatic rings. The Balaban J connectivity index is 2.54. The molecule has 1 rings (SSSR count). The van der Waals surface area contributed by atoms with Crippen molar-refractivity contribution in [3.63, 3.8) is 0 Å². The van der Waals surface area contributed by atoms with Crippen molar-refractivity contribution in [2.24, 2.45) is 5.16 Å². The van der Waals surface area contributed by atoms with Gasteiger partial charge in [0.15, 0.2) is 0 Å². The standard InChI is InChI=1S/C14H19NO2/c1-2-3-4-8-11-13(15-17)14(16)12-9-6-5-7-10-12/h5-7,9-10,17H,2-4,8,11H2,1H3/b15-13+. The average Bonchev–Trinajstić information content (AvgIpc) is 2.39. The predicted molar refractivity (Wildman–Crippen MR) is 68.8 cm³/mol. The van der Waals surface area contributed by atoms with Crippen molar-refractivity contribution in [2.75, 3.05) is 0 Å². The molecule has 0 bridgehead atoms. The monoisotopic (exact) mass is 233 g/mol. The van der Waals surface area contributed by atoms with Crippen molar-refractivity contribution in [2.45, 2.75) is 39.0 Å². The lowest BCUT2D eigenvalue weighted by molar-refractivity contribution is 0.105. The van der Waals surface area contributed by atoms with Gasteiger partial charge in [0.1, 0.15) is 5.71 Å². The van der Waals surface area contributed by atoms with Crippen LogP contribution in [0.4, 0.5) is 0 Å². The van der Waals surface area contributed by atoms with E-state index < -0.39 is 0 Å². The van der Waals surface area contributed by atoms with E-state index in [0.717, 1.165) is 25.7 Å². The molecule has 1 aromatic carbocycles. The van der Waals surface area contributed by atoms with Crippen LogP contribution < -0.4 is 0 Å². The molecule has 3 nitrogen and oxygen atoms in total. The Morgan fingerprint density at radius 1 is 1.18 bits per heavy atom. The molecule has 0 atom stereocenters. The molecule has 0 unspecified atom stereocenters. The number of nitrogens with zero attached hydrogens (tertiary/aromatic N) is 1. The molecule has 0 heterocycles. The number of benzene rings is 1. The smallest absolute Gasteiger partial charge is 0.210 e. The molecule has 0 aliphatic carbocycles. The predicted octanol–water partition coefficient (Wildman–Crippen LogP) is 3.67. The summed E-state index contributed by atoms with van der Waals surface area (Å²) in [6, 6.07) is 8.94. The molecule has 92 valence electrons. The van der Waals surface area contributed by atoms with Gasteiger partial charge in [0.25, 0.3) is 0 Å². The molecule has 0 aromatic heterocycles. The van der Waals surface area contributed by atoms with Crippen molar-refractivity contribution >= 4 is 11.5 Å². The minimum atomic E-state index is -0.176. The zero-order chi connectivity index (χ0) is 12.5. The second-order valence-corrected chi connectivity index (χ2v) is 4.05. The third-order valence-corrected chi connectivity index (χ3v) is 2.69. The first-order valence-electron chi connectivity index (χ1n) is 6.10. The van der Waals surface area contributed by atoms with Crippen LogP contribution in [0.1, 0.15) is 49.4 Å². The fourth-order valence-electron chi connectivity index (χ4n) is 1.68. The van der Waals surface area contributed by atoms with Crippen LogP contribution in [0.25, 0.3) is 0 Å². The van der Waals surface area contributed by atoms with Gasteiger partial charge < -0.3 is 5.21 Å². The van der Waals surface area contributed by atoms with Crippen LogP contribution in [-0.4, -0.2) is 16.7 Å². The number of rotatable bonds is 7. The highest BCUT2D eigenvalue weighted by Crippen LogP contribution is 2.08. The lowest BCUT2D eigenvalue weighted by Gasteiger charge is -2.03. The summed E-state index contributed by atoms with van der Waals surface area (Å²) >= 11 is 0. The molecule has 0 radical (unpaired) electrons. The Morgan fingerprint density at radius 3 is 2.47 bits per heavy atom. The van der Waals surface area contributed by atoms with E-state index in [1.165, 1.54) is 0 Å². The van der Waals surface area contributed by atoms with Gasteiger partial charge in [-0.15, -0.1) is 0 Å². The van der Waals surface area contributed by atoms with Crippen molar-refractivity contribution in [3.05, 3.63) is 35.9 Å². The second-order valence-electron chi connectivity index (χ2n) is 4.05. The molecule has 0 fully saturated rings. The first kappa shape index (κ1) is 13.4. The molecule has 0 saturated heterocycles. The molecule has 0 aliphatic rings. The molecular weight excluding hydrogens is 214 g/mol. The van der Waals surface area contributed by atoms with Crippen molar-refractivity contribution in [3.8, 4) is 0 Å². The van der Waals surface area contributed by atoms with E-state index >= 15 is 0 Å². The van der Waals surface area contributed by atoms with Crippen molar-refractivity contribution < 1.29 is 10.0 Å². The number of carbonyl (C=O) groups is 1. The summed E-state index contributed by atoms with van der Waals surface area (Å²) in [4.78, 5) is 11.9. The van der Waals surface area contributed by atoms with Crippen LogP contribution in [0.3, 0.4) is 0 Å². The summed E-state index contributed by atoms with van der Waals surface area (Å²) in [5.41, 5.74) is 0.836. The number of hydrogen-bond acceptors (Lipinski definition) is 3. The normalized spacial score (nSPS) is 11.5. The lowest BCUT2D eigenvalue weighted by Crippen LogP contribution is -2.14. The van der Waals surface area contributed by atoms with E-state index in [2.05, 4.69) is 12.1 Å². The van der Waals surface area contributed by atoms with Crippen LogP contribution in [0.15, 0.2) is 35.5 Å². The Bertz CT molecular complexity index is 371. The highest BCUT2D eigenvalue weighted by molar-refractivity contribution is 6.45. The molecule has 0 saturated carbocycles. The number of ketones is 1. The Kier molecular flexibility index (Phi) is 6.00. The molecular formula is C14H19NO2. The van der Waals surface area contributed by atoms with Crippen LogP contribution in [0.5, 0.6) is 0 Å². The van der Waals surface area contributed by atoms with E-state index in [1.807, 2.05) is 6.07 Å². The number of oxime groups is 1. The van der Waals surface area contributed by atoms with Gasteiger partial charge >= 0.3 is 0 Å². The van der Waals surface area contributed by atoms with Gasteiger partial charge in [0.2, 0.25) is 5.78 Å². The van der Waals surface area contributed by atoms with E-state index in [-0.39, 0.29) is 11.5 Å². The number of unbranched alkanes of at least 4 members (excludes halogenated alkanes) is 3. The number of carbonyl (C=O) groups excluding carboxylic acids is 1. The fourth-order valence-corrected chi connectivity index (χ4v) is 1.68. The van der Waals surface area contributed by atoms with Gasteiger partial charge in [-0.05, 0) is 12.8 Å². The molecule has 17 heavy (non-hydrogen) atoms. The van der Waals surface area contributed by atoms with Crippen molar-refractivity contribution in [1.29, 1.82) is 0 Å². The summed E-state index contributed by atoms with van der Waals surface area (Å²) in [5, 5.41) is 12.0. The Labute approximate surface area is 102 Å². The van der Waals surface area contributed by atoms with Gasteiger partial charge in [-0.25, -0.2) is 0 Å². The highest BCUT2D eigenvalue weighted by Gasteiger charge is 2.13. The molecule has 0 aliphatic heterocycles. The average molecular weight is 233 g/mol. The van der Waals surface area contributed by atoms with Gasteiger partial charge in [0.05, 0.1) is 0 Å². The summed E-state index contributed by atoms with van der Waals surface area (Å²) in [5.74, 6) is -0.176. The largest absolute Gasteiger partial charge is 0.411 e. The van der Waals surface area contributed by atoms with E-state index in [1.54, 1.807) is 24.3 Å². The second kappa shape index (κ2) is 7.60. The van der Waals surface area contributed by atoms with Gasteiger partial charge in [-0.1, -0.05) is 61.7 Å². The number of Topliss-reactive ketones (excluding diaryl/α,β-unsaturated/α-hetero) is 1. The van der Waals surface area contributed by atoms with Gasteiger partial charge in [-0.3, -0.25) is 4.79 Å². The van der Waals surface area contributed by atoms with Gasteiger partial charge in [-0.2, -0.15) is 0 Å². The Hall–Kier alpha value is -1.64. The van der Waals surface area contributed by atoms with Crippen LogP contribution >= 0.6 is 0 Å². The van der Waals surface area contributed by atoms with Crippen LogP contribution in [-0.2, 0) is 0 Å². The maximum absolute atomic E-state index is 11.9. The molecule has 0 spiro atoms. The maximum Gasteiger partial charge on any atom is 0.210 e. The third kappa shape index (κ3) is 4.39. The maximum atomic E-state index is 11.9. The third-order valence-electron chi connectivity index (χ3n) is 2.69. The van der Waals surface area contributed by atoms with Gasteiger partial charge in [0, 0.05) is 5.56 Å². The fraction of sp³-hybridized carbons (Fsp3) is 0.429. The molecule has 3 heteroatoms. The number of hydrogen-bond donors (Lipinski definition) is 1. The summed E-state index contributed by atoms with van der Waals surface area (Å²) in [6.45, 7) is 2.14. The van der Waals surface area contributed by atoms with Crippen LogP contribution in [0, 0.1) is 0 Å². The lowest BCUT2D eigenvalue weighted by atomic mass is 10.0. The molecule has 1 N–H and O–H groups in total.